The number of nitrogens with two attached hydrogens (primary N) is 1. The molecular weight excluding hydrogens is 268 g/mol. The minimum atomic E-state index is 0.160. The maximum absolute atomic E-state index is 6.13. The Morgan fingerprint density at radius 2 is 2.20 bits per heavy atom. The van der Waals surface area contributed by atoms with Gasteiger partial charge in [0.05, 0.1) is 5.60 Å². The summed E-state index contributed by atoms with van der Waals surface area (Å²) in [6.45, 7) is 10.2. The molecule has 3 N–H and O–H groups in total. The van der Waals surface area contributed by atoms with Crippen LogP contribution in [0.2, 0.25) is 0 Å². The van der Waals surface area contributed by atoms with Gasteiger partial charge in [0.25, 0.3) is 0 Å². The van der Waals surface area contributed by atoms with Gasteiger partial charge in [0, 0.05) is 18.4 Å². The molecule has 3 nitrogen and oxygen atoms in total. The molecule has 2 aliphatic rings. The van der Waals surface area contributed by atoms with Crippen LogP contribution in [0.4, 0.5) is 0 Å². The third-order valence-corrected chi connectivity index (χ3v) is 6.69. The normalized spacial score (nSPS) is 34.4. The van der Waals surface area contributed by atoms with Crippen molar-refractivity contribution in [1.29, 1.82) is 0 Å². The van der Waals surface area contributed by atoms with Crippen molar-refractivity contribution in [1.82, 2.24) is 5.43 Å². The fourth-order valence-corrected chi connectivity index (χ4v) is 4.78. The first kappa shape index (κ1) is 16.6. The van der Waals surface area contributed by atoms with E-state index in [1.807, 2.05) is 11.8 Å². The van der Waals surface area contributed by atoms with Crippen LogP contribution in [0.25, 0.3) is 0 Å². The van der Waals surface area contributed by atoms with Gasteiger partial charge in [0.2, 0.25) is 0 Å². The van der Waals surface area contributed by atoms with Crippen LogP contribution in [-0.4, -0.2) is 29.8 Å². The highest BCUT2D eigenvalue weighted by molar-refractivity contribution is 7.99. The second kappa shape index (κ2) is 6.55. The van der Waals surface area contributed by atoms with Gasteiger partial charge in [-0.25, -0.2) is 0 Å². The first-order valence-electron chi connectivity index (χ1n) is 8.04. The lowest BCUT2D eigenvalue weighted by Crippen LogP contribution is -2.50. The minimum absolute atomic E-state index is 0.160. The first-order valence-corrected chi connectivity index (χ1v) is 9.20. The number of hydrogen-bond donors (Lipinski definition) is 2. The zero-order valence-electron chi connectivity index (χ0n) is 13.6. The van der Waals surface area contributed by atoms with E-state index in [1.165, 1.54) is 24.3 Å². The highest BCUT2D eigenvalue weighted by Gasteiger charge is 2.42. The number of rotatable bonds is 4. The van der Waals surface area contributed by atoms with Gasteiger partial charge in [0.15, 0.2) is 0 Å². The number of thioether (sulfide) groups is 1. The van der Waals surface area contributed by atoms with Gasteiger partial charge in [-0.05, 0) is 48.7 Å². The number of nitrogens with one attached hydrogen (secondary N) is 1. The van der Waals surface area contributed by atoms with Crippen LogP contribution < -0.4 is 11.3 Å². The van der Waals surface area contributed by atoms with Crippen molar-refractivity contribution in [3.8, 4) is 0 Å². The SMILES string of the molecule is CC(CC(NN)C1CCOC2(CCSC2)C1)C(C)(C)C. The lowest BCUT2D eigenvalue weighted by Gasteiger charge is -2.42. The molecule has 1 spiro atoms. The smallest absolute Gasteiger partial charge is 0.0783 e. The first-order chi connectivity index (χ1) is 9.36. The molecule has 0 saturated carbocycles. The molecule has 0 amide bonds. The molecule has 0 bridgehead atoms. The Bertz CT molecular complexity index is 310. The Morgan fingerprint density at radius 1 is 1.45 bits per heavy atom. The van der Waals surface area contributed by atoms with E-state index in [2.05, 4.69) is 33.1 Å². The Labute approximate surface area is 128 Å². The van der Waals surface area contributed by atoms with Gasteiger partial charge in [-0.1, -0.05) is 27.7 Å². The predicted octanol–water partition coefficient (Wildman–Crippen LogP) is 3.19. The highest BCUT2D eigenvalue weighted by atomic mass is 32.2. The molecule has 4 heteroatoms. The van der Waals surface area contributed by atoms with E-state index in [0.717, 1.165) is 19.4 Å². The molecule has 0 aromatic heterocycles. The van der Waals surface area contributed by atoms with E-state index in [0.29, 0.717) is 23.3 Å². The van der Waals surface area contributed by atoms with E-state index in [9.17, 15) is 0 Å². The van der Waals surface area contributed by atoms with E-state index < -0.39 is 0 Å². The highest BCUT2D eigenvalue weighted by Crippen LogP contribution is 2.42. The Morgan fingerprint density at radius 3 is 2.75 bits per heavy atom. The number of hydrazine groups is 1. The molecule has 0 aromatic carbocycles. The summed E-state index contributed by atoms with van der Waals surface area (Å²) in [6.07, 6.45) is 4.72. The largest absolute Gasteiger partial charge is 0.374 e. The van der Waals surface area contributed by atoms with Crippen LogP contribution in [0, 0.1) is 17.3 Å². The van der Waals surface area contributed by atoms with Crippen molar-refractivity contribution >= 4 is 11.8 Å². The standard InChI is InChI=1S/C16H32N2OS/c1-12(15(2,3)4)9-14(18-17)13-5-7-19-16(10-13)6-8-20-11-16/h12-14,18H,5-11,17H2,1-4H3. The Hall–Kier alpha value is 0.230. The van der Waals surface area contributed by atoms with Crippen LogP contribution in [0.3, 0.4) is 0 Å². The summed E-state index contributed by atoms with van der Waals surface area (Å²) in [7, 11) is 0. The van der Waals surface area contributed by atoms with Gasteiger partial charge in [-0.3, -0.25) is 11.3 Å². The predicted molar refractivity (Wildman–Crippen MR) is 87.7 cm³/mol. The molecule has 4 unspecified atom stereocenters. The summed E-state index contributed by atoms with van der Waals surface area (Å²) >= 11 is 2.04. The lowest BCUT2D eigenvalue weighted by atomic mass is 9.73. The summed E-state index contributed by atoms with van der Waals surface area (Å²) in [6, 6.07) is 0.426. The Kier molecular flexibility index (Phi) is 5.44. The van der Waals surface area contributed by atoms with Crippen LogP contribution in [0.1, 0.15) is 53.4 Å². The fourth-order valence-electron chi connectivity index (χ4n) is 3.40. The molecule has 0 aliphatic carbocycles. The van der Waals surface area contributed by atoms with Gasteiger partial charge in [0.1, 0.15) is 0 Å². The molecule has 20 heavy (non-hydrogen) atoms. The van der Waals surface area contributed by atoms with Gasteiger partial charge >= 0.3 is 0 Å². The van der Waals surface area contributed by atoms with Crippen molar-refractivity contribution in [2.24, 2.45) is 23.1 Å². The summed E-state index contributed by atoms with van der Waals surface area (Å²) in [4.78, 5) is 0. The van der Waals surface area contributed by atoms with Crippen molar-refractivity contribution in [2.45, 2.75) is 65.0 Å². The van der Waals surface area contributed by atoms with E-state index >= 15 is 0 Å². The molecule has 2 saturated heterocycles. The topological polar surface area (TPSA) is 47.3 Å². The zero-order chi connectivity index (χ0) is 14.8. The molecule has 2 heterocycles. The second-order valence-electron chi connectivity index (χ2n) is 7.86. The van der Waals surface area contributed by atoms with Gasteiger partial charge in [-0.15, -0.1) is 0 Å². The van der Waals surface area contributed by atoms with E-state index in [1.54, 1.807) is 0 Å². The number of ether oxygens (including phenoxy) is 1. The molecule has 0 radical (unpaired) electrons. The van der Waals surface area contributed by atoms with Gasteiger partial charge < -0.3 is 4.74 Å². The summed E-state index contributed by atoms with van der Waals surface area (Å²) in [5.74, 6) is 9.65. The van der Waals surface area contributed by atoms with Crippen molar-refractivity contribution in [2.75, 3.05) is 18.1 Å². The Balaban J connectivity index is 1.96. The summed E-state index contributed by atoms with van der Waals surface area (Å²) in [5, 5.41) is 0. The maximum atomic E-state index is 6.13. The van der Waals surface area contributed by atoms with Crippen LogP contribution in [0.15, 0.2) is 0 Å². The monoisotopic (exact) mass is 300 g/mol. The van der Waals surface area contributed by atoms with Crippen molar-refractivity contribution < 1.29 is 4.74 Å². The van der Waals surface area contributed by atoms with E-state index in [4.69, 9.17) is 10.6 Å². The molecule has 2 fully saturated rings. The van der Waals surface area contributed by atoms with Crippen LogP contribution >= 0.6 is 11.8 Å². The molecule has 0 aromatic rings. The van der Waals surface area contributed by atoms with Crippen molar-refractivity contribution in [3.05, 3.63) is 0 Å². The lowest BCUT2D eigenvalue weighted by molar-refractivity contribution is -0.0867. The third-order valence-electron chi connectivity index (χ3n) is 5.47. The zero-order valence-corrected chi connectivity index (χ0v) is 14.4. The third kappa shape index (κ3) is 3.90. The molecular formula is C16H32N2OS. The van der Waals surface area contributed by atoms with E-state index in [-0.39, 0.29) is 5.60 Å². The summed E-state index contributed by atoms with van der Waals surface area (Å²) in [5.41, 5.74) is 3.63. The average molecular weight is 301 g/mol. The molecule has 4 atom stereocenters. The molecule has 2 aliphatic heterocycles. The van der Waals surface area contributed by atoms with Crippen molar-refractivity contribution in [3.63, 3.8) is 0 Å². The van der Waals surface area contributed by atoms with Gasteiger partial charge in [-0.2, -0.15) is 11.8 Å². The number of hydrogen-bond acceptors (Lipinski definition) is 4. The quantitative estimate of drug-likeness (QED) is 0.618. The van der Waals surface area contributed by atoms with Crippen LogP contribution in [-0.2, 0) is 4.74 Å². The second-order valence-corrected chi connectivity index (χ2v) is 8.97. The fraction of sp³-hybridized carbons (Fsp3) is 1.00. The molecule has 2 rings (SSSR count). The minimum Gasteiger partial charge on any atom is -0.374 e. The summed E-state index contributed by atoms with van der Waals surface area (Å²) < 4.78 is 6.13. The molecule has 118 valence electrons. The maximum Gasteiger partial charge on any atom is 0.0783 e. The van der Waals surface area contributed by atoms with Crippen LogP contribution in [0.5, 0.6) is 0 Å². The average Bonchev–Trinajstić information content (AvgIpc) is 2.82.